The van der Waals surface area contributed by atoms with E-state index in [1.54, 1.807) is 0 Å². The van der Waals surface area contributed by atoms with Crippen LogP contribution in [0, 0.1) is 0 Å². The molecule has 8 nitrogen and oxygen atoms in total. The molecule has 0 aliphatic heterocycles. The summed E-state index contributed by atoms with van der Waals surface area (Å²) in [4.78, 5) is 23.2. The summed E-state index contributed by atoms with van der Waals surface area (Å²) in [6.45, 7) is 4.91. The number of nitrogens with zero attached hydrogens (tertiary/aromatic N) is 1. The molecule has 372 valence electrons. The fraction of sp³-hybridized carbons (Fsp3) is 0.981. The number of aliphatic hydroxyl groups excluding tert-OH is 1. The molecule has 9 heteroatoms. The predicted molar refractivity (Wildman–Crippen MR) is 268 cm³/mol. The molecule has 0 heterocycles. The molecule has 1 unspecified atom stereocenters. The Bertz CT molecular complexity index is 978. The smallest absolute Gasteiger partial charge is 0.391 e. The van der Waals surface area contributed by atoms with E-state index in [9.17, 15) is 19.4 Å². The van der Waals surface area contributed by atoms with Crippen molar-refractivity contribution >= 4 is 13.7 Å². The van der Waals surface area contributed by atoms with E-state index >= 15 is 0 Å². The van der Waals surface area contributed by atoms with Crippen molar-refractivity contribution in [3.05, 3.63) is 0 Å². The van der Waals surface area contributed by atoms with Crippen LogP contribution in [0.25, 0.3) is 0 Å². The molecule has 0 saturated heterocycles. The van der Waals surface area contributed by atoms with Gasteiger partial charge in [0, 0.05) is 6.42 Å². The second kappa shape index (κ2) is 45.6. The standard InChI is InChI=1S/C53H109N2O6P/c1-6-8-10-12-14-16-18-19-20-21-22-23-24-25-26-27-28-29-30-31-32-33-34-35-36-37-39-41-43-45-47-53(57)54-51(50-61-62(58,59)60-49-48-55(3,4)5)52(56)46-44-42-40-38-17-15-13-11-9-7-2/h51-52,56H,6-50H2,1-5H3,(H-,54,57,58,59)/p+1/t51-,52+/m0/s1. The summed E-state index contributed by atoms with van der Waals surface area (Å²) in [6.07, 6.45) is 53.2. The first kappa shape index (κ1) is 61.5. The van der Waals surface area contributed by atoms with Crippen molar-refractivity contribution in [1.29, 1.82) is 0 Å². The van der Waals surface area contributed by atoms with Gasteiger partial charge in [0.15, 0.2) is 0 Å². The fourth-order valence-corrected chi connectivity index (χ4v) is 9.26. The van der Waals surface area contributed by atoms with E-state index in [-0.39, 0.29) is 19.1 Å². The number of hydrogen-bond donors (Lipinski definition) is 3. The molecule has 62 heavy (non-hydrogen) atoms. The number of nitrogens with one attached hydrogen (secondary N) is 1. The van der Waals surface area contributed by atoms with Gasteiger partial charge < -0.3 is 19.8 Å². The van der Waals surface area contributed by atoms with Gasteiger partial charge in [0.1, 0.15) is 13.2 Å². The molecule has 0 aromatic carbocycles. The monoisotopic (exact) mass is 902 g/mol. The second-order valence-electron chi connectivity index (χ2n) is 20.3. The molecule has 1 amide bonds. The van der Waals surface area contributed by atoms with Gasteiger partial charge >= 0.3 is 7.82 Å². The molecule has 0 saturated carbocycles. The lowest BCUT2D eigenvalue weighted by Crippen LogP contribution is -2.46. The summed E-state index contributed by atoms with van der Waals surface area (Å²) < 4.78 is 23.7. The maximum absolute atomic E-state index is 12.9. The maximum Gasteiger partial charge on any atom is 0.472 e. The number of rotatable bonds is 51. The van der Waals surface area contributed by atoms with E-state index in [1.807, 2.05) is 21.1 Å². The number of likely N-dealkylation sites (N-methyl/N-ethyl adjacent to an activating group) is 1. The molecule has 0 spiro atoms. The van der Waals surface area contributed by atoms with E-state index in [0.717, 1.165) is 38.5 Å². The van der Waals surface area contributed by atoms with Crippen LogP contribution in [0.2, 0.25) is 0 Å². The van der Waals surface area contributed by atoms with Gasteiger partial charge in [-0.25, -0.2) is 4.57 Å². The van der Waals surface area contributed by atoms with Crippen LogP contribution in [0.5, 0.6) is 0 Å². The SMILES string of the molecule is CCCCCCCCCCCCCCCCCCCCCCCCCCCCCCCCC(=O)N[C@@H](COP(=O)(O)OCC[N+](C)(C)C)[C@H](O)CCCCCCCCCCCC. The fourth-order valence-electron chi connectivity index (χ4n) is 8.52. The maximum atomic E-state index is 12.9. The summed E-state index contributed by atoms with van der Waals surface area (Å²) in [6, 6.07) is -0.753. The highest BCUT2D eigenvalue weighted by molar-refractivity contribution is 7.47. The lowest BCUT2D eigenvalue weighted by Gasteiger charge is -2.26. The minimum Gasteiger partial charge on any atom is -0.391 e. The summed E-state index contributed by atoms with van der Waals surface area (Å²) in [5.41, 5.74) is 0. The van der Waals surface area contributed by atoms with Crippen LogP contribution >= 0.6 is 7.82 Å². The zero-order chi connectivity index (χ0) is 45.7. The summed E-state index contributed by atoms with van der Waals surface area (Å²) in [5, 5.41) is 14.0. The summed E-state index contributed by atoms with van der Waals surface area (Å²) in [5.74, 6) is -0.139. The number of phosphoric acid groups is 1. The van der Waals surface area contributed by atoms with Crippen molar-refractivity contribution in [1.82, 2.24) is 5.32 Å². The van der Waals surface area contributed by atoms with Gasteiger partial charge in [0.05, 0.1) is 39.9 Å². The molecular formula is C53H110N2O6P+. The van der Waals surface area contributed by atoms with Crippen molar-refractivity contribution in [2.24, 2.45) is 0 Å². The molecule has 0 rings (SSSR count). The molecule has 0 aliphatic carbocycles. The minimum atomic E-state index is -4.31. The third-order valence-electron chi connectivity index (χ3n) is 12.9. The van der Waals surface area contributed by atoms with Gasteiger partial charge in [-0.15, -0.1) is 0 Å². The van der Waals surface area contributed by atoms with Gasteiger partial charge in [0.2, 0.25) is 5.91 Å². The van der Waals surface area contributed by atoms with E-state index in [2.05, 4.69) is 19.2 Å². The third kappa shape index (κ3) is 47.5. The van der Waals surface area contributed by atoms with Crippen LogP contribution in [0.3, 0.4) is 0 Å². The first-order valence-electron chi connectivity index (χ1n) is 27.4. The lowest BCUT2D eigenvalue weighted by molar-refractivity contribution is -0.870. The normalized spacial score (nSPS) is 14.0. The van der Waals surface area contributed by atoms with E-state index in [4.69, 9.17) is 9.05 Å². The Morgan fingerprint density at radius 3 is 1.08 bits per heavy atom. The summed E-state index contributed by atoms with van der Waals surface area (Å²) in [7, 11) is 1.63. The molecule has 0 radical (unpaired) electrons. The van der Waals surface area contributed by atoms with Crippen molar-refractivity contribution in [2.45, 2.75) is 296 Å². The Morgan fingerprint density at radius 2 is 0.774 bits per heavy atom. The molecule has 0 fully saturated rings. The number of quaternary nitrogens is 1. The number of phosphoric ester groups is 1. The third-order valence-corrected chi connectivity index (χ3v) is 13.8. The van der Waals surface area contributed by atoms with E-state index < -0.39 is 20.0 Å². The van der Waals surface area contributed by atoms with Crippen LogP contribution in [0.15, 0.2) is 0 Å². The molecule has 3 atom stereocenters. The number of amides is 1. The number of aliphatic hydroxyl groups is 1. The molecule has 3 N–H and O–H groups in total. The van der Waals surface area contributed by atoms with E-state index in [1.165, 1.54) is 218 Å². The van der Waals surface area contributed by atoms with Crippen molar-refractivity contribution in [2.75, 3.05) is 40.9 Å². The Hall–Kier alpha value is -0.500. The number of hydrogen-bond acceptors (Lipinski definition) is 5. The zero-order valence-corrected chi connectivity index (χ0v) is 43.3. The topological polar surface area (TPSA) is 105 Å². The van der Waals surface area contributed by atoms with Gasteiger partial charge in [-0.05, 0) is 12.8 Å². The Balaban J connectivity index is 3.92. The highest BCUT2D eigenvalue weighted by atomic mass is 31.2. The largest absolute Gasteiger partial charge is 0.472 e. The first-order valence-corrected chi connectivity index (χ1v) is 28.9. The molecular weight excluding hydrogens is 792 g/mol. The molecule has 0 aromatic heterocycles. The van der Waals surface area contributed by atoms with Gasteiger partial charge in [-0.3, -0.25) is 13.8 Å². The van der Waals surface area contributed by atoms with Crippen LogP contribution in [0.1, 0.15) is 284 Å². The number of unbranched alkanes of at least 4 members (excludes halogenated alkanes) is 38. The zero-order valence-electron chi connectivity index (χ0n) is 42.4. The highest BCUT2D eigenvalue weighted by Gasteiger charge is 2.28. The first-order chi connectivity index (χ1) is 30.0. The summed E-state index contributed by atoms with van der Waals surface area (Å²) >= 11 is 0. The average molecular weight is 902 g/mol. The molecule has 0 aliphatic rings. The Morgan fingerprint density at radius 1 is 0.484 bits per heavy atom. The Kier molecular flexibility index (Phi) is 45.3. The highest BCUT2D eigenvalue weighted by Crippen LogP contribution is 2.43. The average Bonchev–Trinajstić information content (AvgIpc) is 3.23. The number of carbonyl (C=O) groups is 1. The van der Waals surface area contributed by atoms with Crippen molar-refractivity contribution < 1.29 is 32.9 Å². The second-order valence-corrected chi connectivity index (χ2v) is 21.8. The Labute approximate surface area is 387 Å². The van der Waals surface area contributed by atoms with Gasteiger partial charge in [-0.2, -0.15) is 0 Å². The van der Waals surface area contributed by atoms with Crippen LogP contribution in [0.4, 0.5) is 0 Å². The van der Waals surface area contributed by atoms with Gasteiger partial charge in [0.25, 0.3) is 0 Å². The number of carbonyl (C=O) groups excluding carboxylic acids is 1. The van der Waals surface area contributed by atoms with Crippen LogP contribution in [-0.2, 0) is 18.4 Å². The van der Waals surface area contributed by atoms with Crippen LogP contribution < -0.4 is 5.32 Å². The van der Waals surface area contributed by atoms with E-state index in [0.29, 0.717) is 23.9 Å². The minimum absolute atomic E-state index is 0.0785. The molecule has 0 aromatic rings. The van der Waals surface area contributed by atoms with Crippen molar-refractivity contribution in [3.63, 3.8) is 0 Å². The van der Waals surface area contributed by atoms with Gasteiger partial charge in [-0.1, -0.05) is 264 Å². The molecule has 0 bridgehead atoms. The van der Waals surface area contributed by atoms with Crippen LogP contribution in [-0.4, -0.2) is 73.4 Å². The quantitative estimate of drug-likeness (QED) is 0.0319. The van der Waals surface area contributed by atoms with Crippen molar-refractivity contribution in [3.8, 4) is 0 Å². The predicted octanol–water partition coefficient (Wildman–Crippen LogP) is 16.1. The lowest BCUT2D eigenvalue weighted by atomic mass is 10.0.